The zero-order chi connectivity index (χ0) is 16.7. The largest absolute Gasteiger partial charge is 0.497 e. The molecule has 0 saturated heterocycles. The van der Waals surface area contributed by atoms with Gasteiger partial charge in [-0.1, -0.05) is 60.9 Å². The van der Waals surface area contributed by atoms with Crippen molar-refractivity contribution in [1.29, 1.82) is 0 Å². The van der Waals surface area contributed by atoms with E-state index in [1.807, 2.05) is 68.4 Å². The molecule has 0 heterocycles. The fourth-order valence-corrected chi connectivity index (χ4v) is 3.52. The van der Waals surface area contributed by atoms with Gasteiger partial charge in [-0.3, -0.25) is 0 Å². The van der Waals surface area contributed by atoms with E-state index < -0.39 is 16.8 Å². The van der Waals surface area contributed by atoms with Gasteiger partial charge < -0.3 is 9.47 Å². The Kier molecular flexibility index (Phi) is 6.35. The van der Waals surface area contributed by atoms with Crippen LogP contribution in [0, 0.1) is 0 Å². The first-order chi connectivity index (χ1) is 11.1. The average molecular weight is 331 g/mol. The van der Waals surface area contributed by atoms with Crippen molar-refractivity contribution in [2.45, 2.75) is 30.6 Å². The number of hydrogen-bond donors (Lipinski definition) is 0. The van der Waals surface area contributed by atoms with Crippen LogP contribution < -0.4 is 4.74 Å². The topological polar surface area (TPSA) is 47.9 Å². The van der Waals surface area contributed by atoms with Gasteiger partial charge in [0.25, 0.3) is 0 Å². The normalized spacial score (nSPS) is 12.2. The molecule has 1 amide bonds. The molecular formula is C18H21NO3S. The van der Waals surface area contributed by atoms with E-state index >= 15 is 0 Å². The molecule has 1 atom stereocenters. The standard InChI is InChI=1S/C18H21NO3S/c1-14(2)23(17-11-7-10-16(12-17)21-3)19-18(20)22-13-15-8-5-4-6-9-15/h4-12,14H,13H2,1-3H3. The number of carbonyl (C=O) groups excluding carboxylic acids is 1. The van der Waals surface area contributed by atoms with Crippen LogP contribution >= 0.6 is 0 Å². The van der Waals surface area contributed by atoms with Gasteiger partial charge in [-0.25, -0.2) is 4.79 Å². The van der Waals surface area contributed by atoms with Crippen LogP contribution in [0.3, 0.4) is 0 Å². The molecule has 0 aliphatic carbocycles. The first kappa shape index (κ1) is 17.2. The zero-order valence-electron chi connectivity index (χ0n) is 13.6. The van der Waals surface area contributed by atoms with Crippen LogP contribution in [-0.2, 0) is 22.0 Å². The highest BCUT2D eigenvalue weighted by atomic mass is 32.2. The number of benzene rings is 2. The van der Waals surface area contributed by atoms with E-state index in [-0.39, 0.29) is 11.9 Å². The van der Waals surface area contributed by atoms with E-state index in [4.69, 9.17) is 9.47 Å². The smallest absolute Gasteiger partial charge is 0.440 e. The first-order valence-corrected chi connectivity index (χ1v) is 8.64. The third kappa shape index (κ3) is 5.21. The van der Waals surface area contributed by atoms with E-state index in [0.29, 0.717) is 0 Å². The van der Waals surface area contributed by atoms with Gasteiger partial charge >= 0.3 is 6.09 Å². The second-order valence-electron chi connectivity index (χ2n) is 5.17. The minimum Gasteiger partial charge on any atom is -0.497 e. The summed E-state index contributed by atoms with van der Waals surface area (Å²) in [6, 6.07) is 17.2. The molecule has 2 aromatic carbocycles. The average Bonchev–Trinajstić information content (AvgIpc) is 2.58. The predicted molar refractivity (Wildman–Crippen MR) is 92.8 cm³/mol. The molecule has 122 valence electrons. The van der Waals surface area contributed by atoms with E-state index in [1.54, 1.807) is 7.11 Å². The summed E-state index contributed by atoms with van der Waals surface area (Å²) in [5, 5.41) is 0.200. The highest BCUT2D eigenvalue weighted by Crippen LogP contribution is 2.20. The van der Waals surface area contributed by atoms with Crippen LogP contribution in [0.1, 0.15) is 19.4 Å². The van der Waals surface area contributed by atoms with Crippen molar-refractivity contribution in [3.8, 4) is 5.75 Å². The number of methoxy groups -OCH3 is 1. The maximum Gasteiger partial charge on any atom is 0.440 e. The van der Waals surface area contributed by atoms with Crippen LogP contribution in [0.2, 0.25) is 0 Å². The third-order valence-electron chi connectivity index (χ3n) is 3.11. The van der Waals surface area contributed by atoms with Crippen molar-refractivity contribution in [3.63, 3.8) is 0 Å². The lowest BCUT2D eigenvalue weighted by molar-refractivity contribution is 0.151. The first-order valence-electron chi connectivity index (χ1n) is 7.40. The summed E-state index contributed by atoms with van der Waals surface area (Å²) in [7, 11) is 1.05. The minimum atomic E-state index is -0.569. The van der Waals surface area contributed by atoms with Gasteiger partial charge in [0.15, 0.2) is 0 Å². The number of carbonyl (C=O) groups is 1. The van der Waals surface area contributed by atoms with Crippen molar-refractivity contribution in [3.05, 3.63) is 60.2 Å². The number of nitrogens with zero attached hydrogens (tertiary/aromatic N) is 1. The van der Waals surface area contributed by atoms with Gasteiger partial charge in [0.05, 0.1) is 7.11 Å². The van der Waals surface area contributed by atoms with E-state index in [9.17, 15) is 4.79 Å². The van der Waals surface area contributed by atoms with Crippen molar-refractivity contribution in [2.24, 2.45) is 4.36 Å². The predicted octanol–water partition coefficient (Wildman–Crippen LogP) is 4.60. The maximum atomic E-state index is 12.0. The quantitative estimate of drug-likeness (QED) is 0.804. The van der Waals surface area contributed by atoms with Crippen LogP contribution in [0.25, 0.3) is 0 Å². The summed E-state index contributed by atoms with van der Waals surface area (Å²) in [6.45, 7) is 4.31. The van der Waals surface area contributed by atoms with Crippen molar-refractivity contribution in [2.75, 3.05) is 7.11 Å². The molecule has 0 spiro atoms. The Balaban J connectivity index is 2.13. The molecular weight excluding hydrogens is 310 g/mol. The minimum absolute atomic E-state index is 0.200. The lowest BCUT2D eigenvalue weighted by Gasteiger charge is -2.13. The fourth-order valence-electron chi connectivity index (χ4n) is 1.99. The Hall–Kier alpha value is -2.14. The van der Waals surface area contributed by atoms with Gasteiger partial charge in [-0.05, 0) is 23.8 Å². The molecule has 4 nitrogen and oxygen atoms in total. The second kappa shape index (κ2) is 8.48. The monoisotopic (exact) mass is 331 g/mol. The van der Waals surface area contributed by atoms with Gasteiger partial charge in [-0.2, -0.15) is 0 Å². The molecule has 2 rings (SSSR count). The molecule has 5 heteroatoms. The van der Waals surface area contributed by atoms with Crippen LogP contribution in [0.15, 0.2) is 63.9 Å². The molecule has 0 aliphatic heterocycles. The highest BCUT2D eigenvalue weighted by molar-refractivity contribution is 7.88. The molecule has 0 N–H and O–H groups in total. The molecule has 0 aliphatic rings. The van der Waals surface area contributed by atoms with E-state index in [1.165, 1.54) is 0 Å². The Morgan fingerprint density at radius 3 is 2.52 bits per heavy atom. The Labute approximate surface area is 139 Å². The molecule has 0 fully saturated rings. The van der Waals surface area contributed by atoms with E-state index in [2.05, 4.69) is 4.36 Å². The van der Waals surface area contributed by atoms with E-state index in [0.717, 1.165) is 16.2 Å². The molecule has 0 bridgehead atoms. The number of rotatable bonds is 5. The molecule has 23 heavy (non-hydrogen) atoms. The number of hydrogen-bond acceptors (Lipinski definition) is 3. The summed E-state index contributed by atoms with van der Waals surface area (Å²) >= 11 is 0. The van der Waals surface area contributed by atoms with Crippen LogP contribution in [0.4, 0.5) is 4.79 Å². The van der Waals surface area contributed by atoms with Gasteiger partial charge in [0.2, 0.25) is 0 Å². The molecule has 2 aromatic rings. The molecule has 0 saturated carbocycles. The van der Waals surface area contributed by atoms with Crippen LogP contribution in [-0.4, -0.2) is 18.5 Å². The number of ether oxygens (including phenoxy) is 2. The zero-order valence-corrected chi connectivity index (χ0v) is 14.4. The Morgan fingerprint density at radius 1 is 1.13 bits per heavy atom. The Bertz CT molecular complexity index is 684. The van der Waals surface area contributed by atoms with Gasteiger partial charge in [0.1, 0.15) is 12.4 Å². The Morgan fingerprint density at radius 2 is 1.87 bits per heavy atom. The maximum absolute atomic E-state index is 12.0. The summed E-state index contributed by atoms with van der Waals surface area (Å²) in [4.78, 5) is 13.0. The number of amides is 1. The van der Waals surface area contributed by atoms with Crippen LogP contribution in [0.5, 0.6) is 5.75 Å². The lowest BCUT2D eigenvalue weighted by Crippen LogP contribution is -2.10. The van der Waals surface area contributed by atoms with Crippen molar-refractivity contribution in [1.82, 2.24) is 0 Å². The van der Waals surface area contributed by atoms with Crippen molar-refractivity contribution < 1.29 is 14.3 Å². The molecule has 0 aromatic heterocycles. The lowest BCUT2D eigenvalue weighted by atomic mass is 10.2. The van der Waals surface area contributed by atoms with Gasteiger partial charge in [0, 0.05) is 10.1 Å². The summed E-state index contributed by atoms with van der Waals surface area (Å²) < 4.78 is 14.7. The molecule has 0 radical (unpaired) electrons. The second-order valence-corrected chi connectivity index (χ2v) is 7.40. The highest BCUT2D eigenvalue weighted by Gasteiger charge is 2.11. The third-order valence-corrected chi connectivity index (χ3v) is 5.08. The van der Waals surface area contributed by atoms with Gasteiger partial charge in [-0.15, -0.1) is 4.36 Å². The fraction of sp³-hybridized carbons (Fsp3) is 0.278. The molecule has 1 unspecified atom stereocenters. The van der Waals surface area contributed by atoms with Crippen molar-refractivity contribution >= 4 is 16.8 Å². The SMILES string of the molecule is COc1cccc(/S(=N/C(=O)OCc2ccccc2)C(C)C)c1. The summed E-state index contributed by atoms with van der Waals surface area (Å²) in [6.07, 6.45) is -0.534. The summed E-state index contributed by atoms with van der Waals surface area (Å²) in [5.41, 5.74) is 0.946. The summed E-state index contributed by atoms with van der Waals surface area (Å²) in [5.74, 6) is 0.758.